The summed E-state index contributed by atoms with van der Waals surface area (Å²) in [6.45, 7) is 9.57. The number of benzene rings is 1. The number of hydrogen-bond donors (Lipinski definition) is 2. The van der Waals surface area contributed by atoms with Gasteiger partial charge in [-0.25, -0.2) is 0 Å². The van der Waals surface area contributed by atoms with Gasteiger partial charge in [0.25, 0.3) is 0 Å². The standard InChI is InChI=1S/C22H32N4OS/c1-17-4-6-19(7-5-17)21(26-9-11-27-12-10-26)15-25-22(23-3)24-14-18(2)20-8-13-28-16-20/h4-8,13,16,18,21H,9-12,14-15H2,1-3H3,(H2,23,24,25). The van der Waals surface area contributed by atoms with Crippen molar-refractivity contribution in [1.29, 1.82) is 0 Å². The molecule has 0 aliphatic carbocycles. The van der Waals surface area contributed by atoms with Gasteiger partial charge in [-0.15, -0.1) is 0 Å². The fourth-order valence-corrected chi connectivity index (χ4v) is 4.25. The maximum atomic E-state index is 5.55. The van der Waals surface area contributed by atoms with Crippen LogP contribution in [0.2, 0.25) is 0 Å². The van der Waals surface area contributed by atoms with Crippen molar-refractivity contribution < 1.29 is 4.74 Å². The van der Waals surface area contributed by atoms with Crippen LogP contribution in [-0.4, -0.2) is 57.3 Å². The lowest BCUT2D eigenvalue weighted by atomic mass is 10.0. The Kier molecular flexibility index (Phi) is 7.89. The summed E-state index contributed by atoms with van der Waals surface area (Å²) in [6, 6.07) is 11.4. The quantitative estimate of drug-likeness (QED) is 0.552. The monoisotopic (exact) mass is 400 g/mol. The summed E-state index contributed by atoms with van der Waals surface area (Å²) in [5.74, 6) is 1.31. The van der Waals surface area contributed by atoms with Gasteiger partial charge in [0.1, 0.15) is 0 Å². The summed E-state index contributed by atoms with van der Waals surface area (Å²) in [5, 5.41) is 11.4. The number of aliphatic imine (C=N–C) groups is 1. The predicted molar refractivity (Wildman–Crippen MR) is 118 cm³/mol. The van der Waals surface area contributed by atoms with Crippen molar-refractivity contribution in [3.05, 3.63) is 57.8 Å². The molecule has 2 aromatic rings. The van der Waals surface area contributed by atoms with E-state index in [9.17, 15) is 0 Å². The summed E-state index contributed by atoms with van der Waals surface area (Å²) in [7, 11) is 1.83. The van der Waals surface area contributed by atoms with Gasteiger partial charge in [0.05, 0.1) is 19.3 Å². The number of hydrogen-bond acceptors (Lipinski definition) is 4. The van der Waals surface area contributed by atoms with Crippen molar-refractivity contribution in [2.24, 2.45) is 4.99 Å². The number of nitrogens with one attached hydrogen (secondary N) is 2. The van der Waals surface area contributed by atoms with Crippen LogP contribution >= 0.6 is 11.3 Å². The summed E-state index contributed by atoms with van der Waals surface area (Å²) in [5.41, 5.74) is 4.00. The van der Waals surface area contributed by atoms with E-state index in [1.807, 2.05) is 7.05 Å². The zero-order chi connectivity index (χ0) is 19.8. The van der Waals surface area contributed by atoms with E-state index >= 15 is 0 Å². The second-order valence-corrected chi connectivity index (χ2v) is 8.15. The van der Waals surface area contributed by atoms with E-state index in [0.717, 1.165) is 45.4 Å². The number of ether oxygens (including phenoxy) is 1. The van der Waals surface area contributed by atoms with E-state index < -0.39 is 0 Å². The van der Waals surface area contributed by atoms with Gasteiger partial charge >= 0.3 is 0 Å². The third-order valence-electron chi connectivity index (χ3n) is 5.32. The Hall–Kier alpha value is -1.89. The van der Waals surface area contributed by atoms with Crippen LogP contribution in [0, 0.1) is 6.92 Å². The van der Waals surface area contributed by atoms with E-state index in [0.29, 0.717) is 12.0 Å². The van der Waals surface area contributed by atoms with E-state index in [4.69, 9.17) is 4.74 Å². The molecule has 3 rings (SSSR count). The fourth-order valence-electron chi connectivity index (χ4n) is 3.47. The molecule has 0 radical (unpaired) electrons. The van der Waals surface area contributed by atoms with E-state index in [-0.39, 0.29) is 0 Å². The molecule has 0 amide bonds. The highest BCUT2D eigenvalue weighted by Crippen LogP contribution is 2.22. The highest BCUT2D eigenvalue weighted by atomic mass is 32.1. The van der Waals surface area contributed by atoms with Crippen LogP contribution in [0.4, 0.5) is 0 Å². The molecule has 2 atom stereocenters. The Labute approximate surface area is 172 Å². The van der Waals surface area contributed by atoms with Crippen LogP contribution < -0.4 is 10.6 Å². The Morgan fingerprint density at radius 2 is 1.82 bits per heavy atom. The second kappa shape index (κ2) is 10.6. The van der Waals surface area contributed by atoms with Crippen LogP contribution in [0.15, 0.2) is 46.1 Å². The van der Waals surface area contributed by atoms with Gasteiger partial charge in [-0.3, -0.25) is 9.89 Å². The zero-order valence-corrected chi connectivity index (χ0v) is 18.0. The first kappa shape index (κ1) is 20.8. The molecular weight excluding hydrogens is 368 g/mol. The summed E-state index contributed by atoms with van der Waals surface area (Å²) in [4.78, 5) is 6.92. The maximum Gasteiger partial charge on any atom is 0.191 e. The van der Waals surface area contributed by atoms with Crippen LogP contribution in [0.25, 0.3) is 0 Å². The van der Waals surface area contributed by atoms with Gasteiger partial charge in [0.2, 0.25) is 0 Å². The lowest BCUT2D eigenvalue weighted by Crippen LogP contribution is -2.46. The van der Waals surface area contributed by atoms with Crippen LogP contribution in [0.5, 0.6) is 0 Å². The topological polar surface area (TPSA) is 48.9 Å². The summed E-state index contributed by atoms with van der Waals surface area (Å²) in [6.07, 6.45) is 0. The molecule has 28 heavy (non-hydrogen) atoms. The minimum atomic E-state index is 0.303. The highest BCUT2D eigenvalue weighted by molar-refractivity contribution is 7.07. The number of guanidine groups is 1. The van der Waals surface area contributed by atoms with Gasteiger partial charge in [-0.2, -0.15) is 11.3 Å². The molecule has 1 aliphatic rings. The Balaban J connectivity index is 1.60. The molecule has 5 nitrogen and oxygen atoms in total. The normalized spacial score (nSPS) is 17.9. The molecule has 2 N–H and O–H groups in total. The van der Waals surface area contributed by atoms with Crippen LogP contribution in [0.3, 0.4) is 0 Å². The molecule has 0 spiro atoms. The van der Waals surface area contributed by atoms with Crippen molar-refractivity contribution in [2.45, 2.75) is 25.8 Å². The van der Waals surface area contributed by atoms with Crippen molar-refractivity contribution in [3.8, 4) is 0 Å². The SMILES string of the molecule is CN=C(NCC(C)c1ccsc1)NCC(c1ccc(C)cc1)N1CCOCC1. The first-order chi connectivity index (χ1) is 13.7. The van der Waals surface area contributed by atoms with Crippen molar-refractivity contribution in [1.82, 2.24) is 15.5 Å². The molecule has 1 aromatic heterocycles. The number of aryl methyl sites for hydroxylation is 1. The van der Waals surface area contributed by atoms with E-state index in [1.165, 1.54) is 16.7 Å². The molecule has 6 heteroatoms. The molecule has 1 fully saturated rings. The van der Waals surface area contributed by atoms with Crippen LogP contribution in [-0.2, 0) is 4.74 Å². The van der Waals surface area contributed by atoms with Gasteiger partial charge in [0, 0.05) is 33.2 Å². The van der Waals surface area contributed by atoms with Crippen molar-refractivity contribution in [2.75, 3.05) is 46.4 Å². The minimum Gasteiger partial charge on any atom is -0.379 e. The number of rotatable bonds is 7. The molecule has 2 unspecified atom stereocenters. The molecule has 1 aromatic carbocycles. The Morgan fingerprint density at radius 1 is 1.11 bits per heavy atom. The molecule has 152 valence electrons. The maximum absolute atomic E-state index is 5.55. The number of morpholine rings is 1. The van der Waals surface area contributed by atoms with E-state index in [2.05, 4.69) is 75.5 Å². The smallest absolute Gasteiger partial charge is 0.191 e. The average Bonchev–Trinajstić information content (AvgIpc) is 3.27. The van der Waals surface area contributed by atoms with Crippen LogP contribution in [0.1, 0.15) is 35.6 Å². The first-order valence-electron chi connectivity index (χ1n) is 10.0. The van der Waals surface area contributed by atoms with Crippen molar-refractivity contribution >= 4 is 17.3 Å². The Bertz CT molecular complexity index is 724. The lowest BCUT2D eigenvalue weighted by molar-refractivity contribution is 0.0170. The van der Waals surface area contributed by atoms with E-state index in [1.54, 1.807) is 11.3 Å². The molecule has 1 aliphatic heterocycles. The number of nitrogens with zero attached hydrogens (tertiary/aromatic N) is 2. The molecule has 2 heterocycles. The lowest BCUT2D eigenvalue weighted by Gasteiger charge is -2.35. The third-order valence-corrected chi connectivity index (χ3v) is 6.02. The predicted octanol–water partition coefficient (Wildman–Crippen LogP) is 3.40. The minimum absolute atomic E-state index is 0.303. The molecular formula is C22H32N4OS. The molecule has 0 saturated carbocycles. The summed E-state index contributed by atoms with van der Waals surface area (Å²) < 4.78 is 5.55. The highest BCUT2D eigenvalue weighted by Gasteiger charge is 2.23. The first-order valence-corrected chi connectivity index (χ1v) is 11.0. The van der Waals surface area contributed by atoms with Gasteiger partial charge in [0.15, 0.2) is 5.96 Å². The van der Waals surface area contributed by atoms with Gasteiger partial charge < -0.3 is 15.4 Å². The van der Waals surface area contributed by atoms with Gasteiger partial charge in [-0.05, 0) is 40.8 Å². The Morgan fingerprint density at radius 3 is 2.46 bits per heavy atom. The molecule has 1 saturated heterocycles. The third kappa shape index (κ3) is 5.80. The largest absolute Gasteiger partial charge is 0.379 e. The average molecular weight is 401 g/mol. The molecule has 0 bridgehead atoms. The zero-order valence-electron chi connectivity index (χ0n) is 17.1. The summed E-state index contributed by atoms with van der Waals surface area (Å²) >= 11 is 1.75. The fraction of sp³-hybridized carbons (Fsp3) is 0.500. The van der Waals surface area contributed by atoms with Crippen molar-refractivity contribution in [3.63, 3.8) is 0 Å². The second-order valence-electron chi connectivity index (χ2n) is 7.37. The number of thiophene rings is 1. The van der Waals surface area contributed by atoms with Gasteiger partial charge in [-0.1, -0.05) is 36.8 Å².